The average Bonchev–Trinajstić information content (AvgIpc) is 3.12. The van der Waals surface area contributed by atoms with Crippen LogP contribution in [0.1, 0.15) is 219 Å². The molecule has 3 fully saturated rings. The molecule has 66 heavy (non-hydrogen) atoms. The van der Waals surface area contributed by atoms with Crippen molar-refractivity contribution < 1.29 is 60.0 Å². The fourth-order valence-corrected chi connectivity index (χ4v) is 13.0. The van der Waals surface area contributed by atoms with Gasteiger partial charge in [0.25, 0.3) is 0 Å². The fourth-order valence-electron chi connectivity index (χ4n) is 13.0. The molecule has 3 rings (SSSR count). The minimum atomic E-state index is -1.83. The van der Waals surface area contributed by atoms with Crippen molar-refractivity contribution in [1.82, 2.24) is 14.7 Å². The van der Waals surface area contributed by atoms with E-state index in [1.807, 2.05) is 0 Å². The number of carboxylic acid groups (broad SMARTS) is 8. The summed E-state index contributed by atoms with van der Waals surface area (Å²) in [4.78, 5) is 42.5. The number of likely N-dealkylation sites (tertiary alicyclic amines) is 3. The Morgan fingerprint density at radius 3 is 0.773 bits per heavy atom. The van der Waals surface area contributed by atoms with Crippen molar-refractivity contribution in [3.63, 3.8) is 0 Å². The minimum absolute atomic E-state index is 0.194. The molecule has 3 aliphatic rings. The molecule has 0 bridgehead atoms. The summed E-state index contributed by atoms with van der Waals surface area (Å²) < 4.78 is 0. The van der Waals surface area contributed by atoms with Gasteiger partial charge in [0.2, 0.25) is 0 Å². The van der Waals surface area contributed by atoms with Gasteiger partial charge in [-0.3, -0.25) is 14.7 Å². The minimum Gasteiger partial charge on any atom is -0.450 e. The van der Waals surface area contributed by atoms with Gasteiger partial charge < -0.3 is 40.9 Å². The molecule has 0 spiro atoms. The number of nitrogens with zero attached hydrogens (tertiary/aromatic N) is 3. The largest absolute Gasteiger partial charge is 0.503 e. The number of carbonyl (C=O) groups is 4. The van der Waals surface area contributed by atoms with Crippen LogP contribution < -0.4 is 0 Å². The van der Waals surface area contributed by atoms with Crippen LogP contribution >= 0.6 is 0 Å². The second kappa shape index (κ2) is 27.8. The third kappa shape index (κ3) is 21.1. The highest BCUT2D eigenvalue weighted by atomic mass is 16.6. The maximum atomic E-state index is 8.56. The SMILES string of the molecule is CCCCCCCCCCCCCC(CC)C(C1CC(C)(C)N(C)C(C)(C)C1)(C1CC(C)(C)N(C)C(C)(C)C1)C1CC(C)(C)N(C)C(C)(C)C1.O=C(O)O.O=C(O)O.O=C(O)O.O=C(O)O. The zero-order chi connectivity index (χ0) is 52.3. The van der Waals surface area contributed by atoms with Gasteiger partial charge in [-0.2, -0.15) is 0 Å². The lowest BCUT2D eigenvalue weighted by Gasteiger charge is -2.69. The topological polar surface area (TPSA) is 240 Å². The van der Waals surface area contributed by atoms with Crippen LogP contribution in [0.5, 0.6) is 0 Å². The van der Waals surface area contributed by atoms with Crippen LogP contribution in [-0.4, -0.2) is 135 Å². The van der Waals surface area contributed by atoms with Gasteiger partial charge in [0, 0.05) is 33.2 Å². The summed E-state index contributed by atoms with van der Waals surface area (Å²) >= 11 is 0. The highest BCUT2D eigenvalue weighted by molar-refractivity contribution is 5.54. The Morgan fingerprint density at radius 2 is 0.591 bits per heavy atom. The van der Waals surface area contributed by atoms with Gasteiger partial charge in [-0.25, -0.2) is 19.2 Å². The third-order valence-electron chi connectivity index (χ3n) is 16.4. The van der Waals surface area contributed by atoms with Crippen molar-refractivity contribution in [2.75, 3.05) is 21.1 Å². The zero-order valence-corrected chi connectivity index (χ0v) is 44.8. The normalized spacial score (nSPS) is 22.0. The summed E-state index contributed by atoms with van der Waals surface area (Å²) in [6.45, 7) is 36.0. The third-order valence-corrected chi connectivity index (χ3v) is 16.4. The maximum Gasteiger partial charge on any atom is 0.503 e. The first-order chi connectivity index (χ1) is 29.8. The summed E-state index contributed by atoms with van der Waals surface area (Å²) in [5, 5.41) is 55.8. The zero-order valence-electron chi connectivity index (χ0n) is 44.8. The lowest BCUT2D eigenvalue weighted by atomic mass is 9.42. The molecule has 3 aliphatic heterocycles. The van der Waals surface area contributed by atoms with E-state index in [4.69, 9.17) is 60.0 Å². The Morgan fingerprint density at radius 1 is 0.409 bits per heavy atom. The molecule has 8 N–H and O–H groups in total. The van der Waals surface area contributed by atoms with Gasteiger partial charge in [0.15, 0.2) is 0 Å². The van der Waals surface area contributed by atoms with Gasteiger partial charge in [-0.05, 0) is 178 Å². The number of piperidine rings is 3. The first-order valence-electron chi connectivity index (χ1n) is 24.7. The predicted octanol–water partition coefficient (Wildman–Crippen LogP) is 14.3. The number of hydrogen-bond donors (Lipinski definition) is 8. The molecular weight excluding hydrogens is 847 g/mol. The van der Waals surface area contributed by atoms with Crippen molar-refractivity contribution in [1.29, 1.82) is 0 Å². The molecule has 1 unspecified atom stereocenters. The first-order valence-corrected chi connectivity index (χ1v) is 24.7. The van der Waals surface area contributed by atoms with Crippen LogP contribution in [-0.2, 0) is 0 Å². The lowest BCUT2D eigenvalue weighted by molar-refractivity contribution is -0.194. The van der Waals surface area contributed by atoms with Crippen molar-refractivity contribution in [2.24, 2.45) is 29.1 Å². The Balaban J connectivity index is 0. The highest BCUT2D eigenvalue weighted by Gasteiger charge is 2.64. The van der Waals surface area contributed by atoms with Gasteiger partial charge in [0.05, 0.1) is 0 Å². The van der Waals surface area contributed by atoms with E-state index in [-0.39, 0.29) is 33.2 Å². The molecule has 0 aromatic rings. The Bertz CT molecular complexity index is 1230. The van der Waals surface area contributed by atoms with Crippen molar-refractivity contribution >= 4 is 24.6 Å². The van der Waals surface area contributed by atoms with Crippen LogP contribution in [0.3, 0.4) is 0 Å². The molecule has 0 saturated carbocycles. The van der Waals surface area contributed by atoms with Crippen LogP contribution in [0.4, 0.5) is 19.2 Å². The second-order valence-corrected chi connectivity index (χ2v) is 23.4. The molecule has 15 heteroatoms. The molecule has 3 saturated heterocycles. The molecule has 0 aromatic carbocycles. The number of rotatable bonds is 17. The van der Waals surface area contributed by atoms with E-state index >= 15 is 0 Å². The molecule has 0 aliphatic carbocycles. The van der Waals surface area contributed by atoms with Crippen LogP contribution in [0.15, 0.2) is 0 Å². The van der Waals surface area contributed by atoms with E-state index in [1.165, 1.54) is 122 Å². The van der Waals surface area contributed by atoms with E-state index in [0.717, 1.165) is 23.7 Å². The van der Waals surface area contributed by atoms with Crippen molar-refractivity contribution in [3.8, 4) is 0 Å². The van der Waals surface area contributed by atoms with Crippen LogP contribution in [0.25, 0.3) is 0 Å². The van der Waals surface area contributed by atoms with E-state index in [0.29, 0.717) is 5.41 Å². The van der Waals surface area contributed by atoms with Crippen molar-refractivity contribution in [2.45, 2.75) is 252 Å². The van der Waals surface area contributed by atoms with Gasteiger partial charge in [-0.15, -0.1) is 0 Å². The molecule has 1 atom stereocenters. The smallest absolute Gasteiger partial charge is 0.450 e. The van der Waals surface area contributed by atoms with E-state index in [9.17, 15) is 0 Å². The lowest BCUT2D eigenvalue weighted by Crippen LogP contribution is -2.69. The van der Waals surface area contributed by atoms with Gasteiger partial charge >= 0.3 is 24.6 Å². The average molecular weight is 948 g/mol. The molecule has 3 heterocycles. The van der Waals surface area contributed by atoms with E-state index in [1.54, 1.807) is 0 Å². The maximum absolute atomic E-state index is 8.56. The Kier molecular flexibility index (Phi) is 27.4. The van der Waals surface area contributed by atoms with Crippen molar-refractivity contribution in [3.05, 3.63) is 0 Å². The highest BCUT2D eigenvalue weighted by Crippen LogP contribution is 2.66. The summed E-state index contributed by atoms with van der Waals surface area (Å²) in [6, 6.07) is 0. The summed E-state index contributed by atoms with van der Waals surface area (Å²) in [6.07, 6.45) is 19.2. The second-order valence-electron chi connectivity index (χ2n) is 23.4. The summed E-state index contributed by atoms with van der Waals surface area (Å²) in [7, 11) is 7.30. The molecular formula is C51H101N3O12. The van der Waals surface area contributed by atoms with Crippen LogP contribution in [0, 0.1) is 29.1 Å². The molecule has 15 nitrogen and oxygen atoms in total. The first kappa shape index (κ1) is 65.0. The van der Waals surface area contributed by atoms with Gasteiger partial charge in [-0.1, -0.05) is 90.9 Å². The van der Waals surface area contributed by atoms with Crippen LogP contribution in [0.2, 0.25) is 0 Å². The number of unbranched alkanes of at least 4 members (excludes halogenated alkanes) is 10. The predicted molar refractivity (Wildman–Crippen MR) is 266 cm³/mol. The Hall–Kier alpha value is -3.04. The Labute approximate surface area is 400 Å². The summed E-state index contributed by atoms with van der Waals surface area (Å²) in [5.74, 6) is 2.99. The molecule has 0 aromatic heterocycles. The molecule has 0 radical (unpaired) electrons. The monoisotopic (exact) mass is 948 g/mol. The van der Waals surface area contributed by atoms with Gasteiger partial charge in [0.1, 0.15) is 0 Å². The quantitative estimate of drug-likeness (QED) is 0.0633. The van der Waals surface area contributed by atoms with E-state index < -0.39 is 24.6 Å². The van der Waals surface area contributed by atoms with E-state index in [2.05, 4.69) is 133 Å². The summed E-state index contributed by atoms with van der Waals surface area (Å²) in [5.41, 5.74) is 1.49. The molecule has 392 valence electrons. The standard InChI is InChI=1S/C47H93N3.4CH2O3/c1-18-20-21-22-23-24-25-26-27-28-29-30-37(19-2)47(38-31-41(3,4)48(15)42(5,6)32-38,39-33-43(7,8)49(16)44(9,10)34-39)40-35-45(11,12)50(17)46(13,14)36-40;4*2-1(3)4/h37-40H,18-36H2,1-17H3;4*(H2,2,3,4). The fraction of sp³-hybridized carbons (Fsp3) is 0.922. The molecule has 0 amide bonds. The number of hydrogen-bond acceptors (Lipinski definition) is 7.